The first kappa shape index (κ1) is 19.2. The number of hydrogen-bond donors (Lipinski definition) is 3. The summed E-state index contributed by atoms with van der Waals surface area (Å²) in [7, 11) is 0. The van der Waals surface area contributed by atoms with Crippen molar-refractivity contribution in [2.45, 2.75) is 32.6 Å². The summed E-state index contributed by atoms with van der Waals surface area (Å²) in [6.07, 6.45) is 3.67. The molecular formula is C21H28N4O2. The zero-order valence-electron chi connectivity index (χ0n) is 16.0. The number of pyridine rings is 1. The molecule has 1 aromatic carbocycles. The number of anilines is 3. The van der Waals surface area contributed by atoms with E-state index < -0.39 is 5.91 Å². The Morgan fingerprint density at radius 2 is 1.96 bits per heavy atom. The highest BCUT2D eigenvalue weighted by Crippen LogP contribution is 2.28. The average Bonchev–Trinajstić information content (AvgIpc) is 2.67. The fraction of sp³-hybridized carbons (Fsp3) is 0.429. The van der Waals surface area contributed by atoms with Crippen LogP contribution in [0.25, 0.3) is 0 Å². The Hall–Kier alpha value is -2.60. The largest absolute Gasteiger partial charge is 0.384 e. The highest BCUT2D eigenvalue weighted by atomic mass is 16.5. The van der Waals surface area contributed by atoms with Crippen molar-refractivity contribution in [3.05, 3.63) is 47.7 Å². The highest BCUT2D eigenvalue weighted by molar-refractivity contribution is 5.98. The maximum Gasteiger partial charge on any atom is 0.252 e. The number of nitrogens with two attached hydrogens (primary N) is 1. The van der Waals surface area contributed by atoms with Gasteiger partial charge in [-0.15, -0.1) is 0 Å². The van der Waals surface area contributed by atoms with Crippen LogP contribution in [0.3, 0.4) is 0 Å². The minimum Gasteiger partial charge on any atom is -0.384 e. The molecule has 144 valence electrons. The predicted molar refractivity (Wildman–Crippen MR) is 109 cm³/mol. The van der Waals surface area contributed by atoms with Gasteiger partial charge in [-0.2, -0.15) is 0 Å². The molecule has 0 radical (unpaired) electrons. The van der Waals surface area contributed by atoms with E-state index >= 15 is 0 Å². The first-order valence-corrected chi connectivity index (χ1v) is 9.51. The van der Waals surface area contributed by atoms with E-state index in [-0.39, 0.29) is 0 Å². The van der Waals surface area contributed by atoms with E-state index in [1.165, 1.54) is 11.8 Å². The van der Waals surface area contributed by atoms with Crippen molar-refractivity contribution in [1.82, 2.24) is 4.98 Å². The van der Waals surface area contributed by atoms with Gasteiger partial charge in [-0.25, -0.2) is 4.98 Å². The van der Waals surface area contributed by atoms with Crippen molar-refractivity contribution in [1.29, 1.82) is 0 Å². The van der Waals surface area contributed by atoms with Crippen LogP contribution < -0.4 is 16.4 Å². The monoisotopic (exact) mass is 368 g/mol. The number of nitrogens with one attached hydrogen (secondary N) is 2. The molecule has 1 aliphatic rings. The van der Waals surface area contributed by atoms with Crippen LogP contribution in [-0.4, -0.2) is 30.6 Å². The quantitative estimate of drug-likeness (QED) is 0.690. The lowest BCUT2D eigenvalue weighted by molar-refractivity contribution is 0.0853. The number of primary amides is 1. The highest BCUT2D eigenvalue weighted by Gasteiger charge is 2.16. The minimum atomic E-state index is -0.485. The smallest absolute Gasteiger partial charge is 0.252 e. The molecule has 2 aromatic rings. The molecule has 3 rings (SSSR count). The van der Waals surface area contributed by atoms with Crippen molar-refractivity contribution in [3.63, 3.8) is 0 Å². The van der Waals surface area contributed by atoms with Gasteiger partial charge in [0.2, 0.25) is 0 Å². The number of nitrogens with zero attached hydrogens (tertiary/aromatic N) is 1. The lowest BCUT2D eigenvalue weighted by Gasteiger charge is -2.22. The maximum absolute atomic E-state index is 11.6. The van der Waals surface area contributed by atoms with Crippen LogP contribution in [0, 0.1) is 5.92 Å². The first-order valence-electron chi connectivity index (χ1n) is 9.51. The molecule has 1 aromatic heterocycles. The van der Waals surface area contributed by atoms with E-state index in [0.29, 0.717) is 28.9 Å². The number of aromatic nitrogens is 1. The minimum absolute atomic E-state index is 0.399. The van der Waals surface area contributed by atoms with Crippen molar-refractivity contribution < 1.29 is 9.53 Å². The van der Waals surface area contributed by atoms with Crippen LogP contribution in [-0.2, 0) is 4.74 Å². The van der Waals surface area contributed by atoms with Crippen LogP contribution in [0.1, 0.15) is 48.5 Å². The van der Waals surface area contributed by atoms with Gasteiger partial charge in [0.15, 0.2) is 0 Å². The Labute approximate surface area is 160 Å². The van der Waals surface area contributed by atoms with Gasteiger partial charge in [-0.05, 0) is 42.4 Å². The van der Waals surface area contributed by atoms with Gasteiger partial charge in [-0.1, -0.05) is 26.0 Å². The summed E-state index contributed by atoms with van der Waals surface area (Å²) >= 11 is 0. The molecule has 0 aliphatic carbocycles. The van der Waals surface area contributed by atoms with Gasteiger partial charge in [0.1, 0.15) is 5.82 Å². The third kappa shape index (κ3) is 5.20. The molecule has 0 atom stereocenters. The summed E-state index contributed by atoms with van der Waals surface area (Å²) in [6, 6.07) is 10.3. The Kier molecular flexibility index (Phi) is 6.29. The molecule has 0 unspecified atom stereocenters. The number of rotatable bonds is 7. The van der Waals surface area contributed by atoms with E-state index in [1.54, 1.807) is 0 Å². The normalized spacial score (nSPS) is 14.9. The standard InChI is InChI=1S/C21H28N4O2/c1-14(2)12-23-19-11-20(24-13-18(19)21(22)26)25-17-5-3-15(4-6-17)16-7-9-27-10-8-16/h3-6,11,13-14,16H,7-10,12H2,1-2H3,(H2,22,26)(H2,23,24,25). The third-order valence-electron chi connectivity index (χ3n) is 4.75. The Balaban J connectivity index is 1.72. The zero-order valence-corrected chi connectivity index (χ0v) is 16.0. The van der Waals surface area contributed by atoms with Gasteiger partial charge in [0, 0.05) is 37.7 Å². The van der Waals surface area contributed by atoms with Crippen LogP contribution in [0.2, 0.25) is 0 Å². The van der Waals surface area contributed by atoms with Gasteiger partial charge >= 0.3 is 0 Å². The number of carbonyl (C=O) groups excluding carboxylic acids is 1. The Morgan fingerprint density at radius 3 is 2.59 bits per heavy atom. The summed E-state index contributed by atoms with van der Waals surface area (Å²) in [4.78, 5) is 16.0. The van der Waals surface area contributed by atoms with E-state index in [9.17, 15) is 4.79 Å². The number of benzene rings is 1. The summed E-state index contributed by atoms with van der Waals surface area (Å²) in [5, 5.41) is 6.58. The molecule has 1 aliphatic heterocycles. The number of ether oxygens (including phenoxy) is 1. The van der Waals surface area contributed by atoms with E-state index in [0.717, 1.165) is 38.3 Å². The van der Waals surface area contributed by atoms with Crippen molar-refractivity contribution >= 4 is 23.1 Å². The molecule has 0 saturated carbocycles. The van der Waals surface area contributed by atoms with Crippen molar-refractivity contribution in [2.75, 3.05) is 30.4 Å². The summed E-state index contributed by atoms with van der Waals surface area (Å²) in [5.74, 6) is 1.21. The molecule has 27 heavy (non-hydrogen) atoms. The maximum atomic E-state index is 11.6. The van der Waals surface area contributed by atoms with E-state index in [1.807, 2.05) is 6.07 Å². The average molecular weight is 368 g/mol. The van der Waals surface area contributed by atoms with Gasteiger partial charge in [0.25, 0.3) is 5.91 Å². The summed E-state index contributed by atoms with van der Waals surface area (Å²) < 4.78 is 5.44. The fourth-order valence-corrected chi connectivity index (χ4v) is 3.20. The van der Waals surface area contributed by atoms with Crippen molar-refractivity contribution in [2.24, 2.45) is 11.7 Å². The molecule has 1 fully saturated rings. The lowest BCUT2D eigenvalue weighted by Crippen LogP contribution is -2.17. The molecule has 2 heterocycles. The Bertz CT molecular complexity index is 768. The fourth-order valence-electron chi connectivity index (χ4n) is 3.20. The van der Waals surface area contributed by atoms with Gasteiger partial charge in [-0.3, -0.25) is 4.79 Å². The summed E-state index contributed by atoms with van der Waals surface area (Å²) in [5.41, 5.74) is 8.87. The van der Waals surface area contributed by atoms with Gasteiger partial charge in [0.05, 0.1) is 11.3 Å². The molecule has 0 spiro atoms. The summed E-state index contributed by atoms with van der Waals surface area (Å²) in [6.45, 7) is 6.65. The third-order valence-corrected chi connectivity index (χ3v) is 4.75. The van der Waals surface area contributed by atoms with Crippen LogP contribution in [0.5, 0.6) is 0 Å². The molecular weight excluding hydrogens is 340 g/mol. The number of hydrogen-bond acceptors (Lipinski definition) is 5. The molecule has 0 bridgehead atoms. The first-order chi connectivity index (χ1) is 13.0. The predicted octanol–water partition coefficient (Wildman–Crippen LogP) is 3.89. The SMILES string of the molecule is CC(C)CNc1cc(Nc2ccc(C3CCOCC3)cc2)ncc1C(N)=O. The second kappa shape index (κ2) is 8.86. The zero-order chi connectivity index (χ0) is 19.2. The van der Waals surface area contributed by atoms with E-state index in [4.69, 9.17) is 10.5 Å². The van der Waals surface area contributed by atoms with Gasteiger partial charge < -0.3 is 21.1 Å². The number of amides is 1. The number of carbonyl (C=O) groups is 1. The molecule has 4 N–H and O–H groups in total. The molecule has 6 nitrogen and oxygen atoms in total. The topological polar surface area (TPSA) is 89.3 Å². The second-order valence-corrected chi connectivity index (χ2v) is 7.39. The Morgan fingerprint density at radius 1 is 1.26 bits per heavy atom. The van der Waals surface area contributed by atoms with E-state index in [2.05, 4.69) is 53.7 Å². The van der Waals surface area contributed by atoms with Crippen molar-refractivity contribution in [3.8, 4) is 0 Å². The molecule has 1 amide bonds. The second-order valence-electron chi connectivity index (χ2n) is 7.39. The van der Waals surface area contributed by atoms with Crippen LogP contribution in [0.15, 0.2) is 36.5 Å². The molecule has 1 saturated heterocycles. The van der Waals surface area contributed by atoms with Crippen LogP contribution in [0.4, 0.5) is 17.2 Å². The van der Waals surface area contributed by atoms with Crippen LogP contribution >= 0.6 is 0 Å². The molecule has 6 heteroatoms. The lowest BCUT2D eigenvalue weighted by atomic mass is 9.92.